The average molecular weight is 337 g/mol. The second-order valence-corrected chi connectivity index (χ2v) is 7.04. The van der Waals surface area contributed by atoms with E-state index in [4.69, 9.17) is 5.10 Å². The first kappa shape index (κ1) is 17.4. The summed E-state index contributed by atoms with van der Waals surface area (Å²) in [5.41, 5.74) is 11.6. The van der Waals surface area contributed by atoms with Crippen molar-refractivity contribution in [2.75, 3.05) is 0 Å². The van der Waals surface area contributed by atoms with Crippen LogP contribution in [0.3, 0.4) is 0 Å². The zero-order valence-corrected chi connectivity index (χ0v) is 16.5. The number of hydrogen-bond acceptors (Lipinski definition) is 3. The highest BCUT2D eigenvalue weighted by Crippen LogP contribution is 2.37. The van der Waals surface area contributed by atoms with Crippen molar-refractivity contribution in [2.24, 2.45) is 14.1 Å². The molecule has 0 atom stereocenters. The molecule has 5 heteroatoms. The van der Waals surface area contributed by atoms with Crippen LogP contribution in [0, 0.1) is 41.5 Å². The van der Waals surface area contributed by atoms with E-state index in [9.17, 15) is 0 Å². The summed E-state index contributed by atoms with van der Waals surface area (Å²) in [7, 11) is 3.90. The first-order chi connectivity index (χ1) is 11.7. The summed E-state index contributed by atoms with van der Waals surface area (Å²) in [6, 6.07) is 0. The summed E-state index contributed by atoms with van der Waals surface area (Å²) in [5, 5.41) is 9.16. The van der Waals surface area contributed by atoms with Crippen molar-refractivity contribution in [1.29, 1.82) is 0 Å². The van der Waals surface area contributed by atoms with E-state index in [1.807, 2.05) is 18.8 Å². The molecule has 0 saturated heterocycles. The maximum atomic E-state index is 4.71. The summed E-state index contributed by atoms with van der Waals surface area (Å²) in [4.78, 5) is 4.40. The van der Waals surface area contributed by atoms with E-state index in [1.165, 1.54) is 38.9 Å². The van der Waals surface area contributed by atoms with E-state index in [2.05, 4.69) is 51.6 Å². The molecule has 5 nitrogen and oxygen atoms in total. The fourth-order valence-corrected chi connectivity index (χ4v) is 3.72. The van der Waals surface area contributed by atoms with E-state index in [0.29, 0.717) is 6.42 Å². The van der Waals surface area contributed by atoms with Crippen molar-refractivity contribution in [3.05, 3.63) is 51.4 Å². The number of hydrogen-bond donors (Lipinski definition) is 0. The Labute approximate surface area is 149 Å². The van der Waals surface area contributed by atoms with Gasteiger partial charge in [-0.25, -0.2) is 4.98 Å². The molecule has 0 aliphatic carbocycles. The highest BCUT2D eigenvalue weighted by atomic mass is 15.3. The van der Waals surface area contributed by atoms with Gasteiger partial charge in [0.2, 0.25) is 0 Å². The van der Waals surface area contributed by atoms with Gasteiger partial charge in [0.05, 0.1) is 17.8 Å². The van der Waals surface area contributed by atoms with Crippen LogP contribution in [-0.2, 0) is 20.5 Å². The van der Waals surface area contributed by atoms with Crippen LogP contribution in [0.25, 0.3) is 11.1 Å². The zero-order valence-electron chi connectivity index (χ0n) is 16.5. The van der Waals surface area contributed by atoms with Crippen molar-refractivity contribution >= 4 is 0 Å². The third-order valence-electron chi connectivity index (χ3n) is 5.56. The van der Waals surface area contributed by atoms with Gasteiger partial charge in [-0.1, -0.05) is 0 Å². The molecular weight excluding hydrogens is 310 g/mol. The van der Waals surface area contributed by atoms with Crippen molar-refractivity contribution in [3.63, 3.8) is 0 Å². The van der Waals surface area contributed by atoms with Crippen molar-refractivity contribution in [3.8, 4) is 11.1 Å². The molecule has 0 amide bonds. The Kier molecular flexibility index (Phi) is 4.27. The van der Waals surface area contributed by atoms with E-state index >= 15 is 0 Å². The highest BCUT2D eigenvalue weighted by Gasteiger charge is 2.22. The lowest BCUT2D eigenvalue weighted by molar-refractivity contribution is 0.700. The molecule has 0 saturated carbocycles. The highest BCUT2D eigenvalue weighted by molar-refractivity contribution is 5.78. The first-order valence-electron chi connectivity index (χ1n) is 8.66. The average Bonchev–Trinajstić information content (AvgIpc) is 3.09. The smallest absolute Gasteiger partial charge is 0.156 e. The van der Waals surface area contributed by atoms with E-state index in [1.54, 1.807) is 11.0 Å². The van der Waals surface area contributed by atoms with Gasteiger partial charge in [-0.15, -0.1) is 0 Å². The molecule has 2 heterocycles. The Morgan fingerprint density at radius 3 is 1.84 bits per heavy atom. The van der Waals surface area contributed by atoms with Crippen LogP contribution >= 0.6 is 0 Å². The van der Waals surface area contributed by atoms with E-state index in [-0.39, 0.29) is 0 Å². The number of nitrogens with zero attached hydrogens (tertiary/aromatic N) is 5. The quantitative estimate of drug-likeness (QED) is 0.733. The Morgan fingerprint density at radius 2 is 1.32 bits per heavy atom. The van der Waals surface area contributed by atoms with Gasteiger partial charge < -0.3 is 0 Å². The van der Waals surface area contributed by atoms with Gasteiger partial charge in [0.25, 0.3) is 0 Å². The Bertz CT molecular complexity index is 930. The topological polar surface area (TPSA) is 48.5 Å². The van der Waals surface area contributed by atoms with Gasteiger partial charge in [-0.3, -0.25) is 9.36 Å². The van der Waals surface area contributed by atoms with Crippen molar-refractivity contribution in [2.45, 2.75) is 48.0 Å². The molecule has 0 unspecified atom stereocenters. The van der Waals surface area contributed by atoms with Gasteiger partial charge in [-0.05, 0) is 74.9 Å². The van der Waals surface area contributed by atoms with Crippen LogP contribution in [0.1, 0.15) is 45.0 Å². The monoisotopic (exact) mass is 337 g/mol. The zero-order chi connectivity index (χ0) is 18.5. The minimum atomic E-state index is 0.679. The number of aryl methyl sites for hydroxylation is 3. The lowest BCUT2D eigenvalue weighted by Crippen LogP contribution is -2.05. The summed E-state index contributed by atoms with van der Waals surface area (Å²) in [6.45, 7) is 13.2. The minimum absolute atomic E-state index is 0.679. The van der Waals surface area contributed by atoms with Crippen molar-refractivity contribution < 1.29 is 0 Å². The van der Waals surface area contributed by atoms with Crippen LogP contribution in [-0.4, -0.2) is 24.5 Å². The Hall–Kier alpha value is -2.43. The molecule has 0 bridgehead atoms. The van der Waals surface area contributed by atoms with Crippen LogP contribution < -0.4 is 0 Å². The molecule has 3 aromatic rings. The normalized spacial score (nSPS) is 11.4. The molecule has 0 N–H and O–H groups in total. The van der Waals surface area contributed by atoms with E-state index in [0.717, 1.165) is 17.2 Å². The Morgan fingerprint density at radius 1 is 0.760 bits per heavy atom. The molecule has 0 spiro atoms. The molecule has 132 valence electrons. The maximum Gasteiger partial charge on any atom is 0.156 e. The van der Waals surface area contributed by atoms with Gasteiger partial charge in [0.15, 0.2) is 5.82 Å². The molecule has 0 aliphatic heterocycles. The molecular formula is C20H27N5. The van der Waals surface area contributed by atoms with Gasteiger partial charge in [0.1, 0.15) is 6.33 Å². The lowest BCUT2D eigenvalue weighted by Gasteiger charge is -2.19. The summed E-state index contributed by atoms with van der Waals surface area (Å²) >= 11 is 0. The van der Waals surface area contributed by atoms with Gasteiger partial charge in [0, 0.05) is 19.7 Å². The molecule has 25 heavy (non-hydrogen) atoms. The van der Waals surface area contributed by atoms with E-state index < -0.39 is 0 Å². The molecule has 2 aromatic heterocycles. The fraction of sp³-hybridized carbons (Fsp3) is 0.450. The summed E-state index contributed by atoms with van der Waals surface area (Å²) in [6.07, 6.45) is 2.42. The number of rotatable bonds is 3. The van der Waals surface area contributed by atoms with Crippen LogP contribution in [0.2, 0.25) is 0 Å². The second-order valence-electron chi connectivity index (χ2n) is 7.04. The molecule has 0 aliphatic rings. The van der Waals surface area contributed by atoms with Crippen molar-refractivity contribution in [1.82, 2.24) is 24.5 Å². The first-order valence-corrected chi connectivity index (χ1v) is 8.66. The standard InChI is InChI=1S/C20H27N5/c1-11-12(2)14(4)19(15(5)13(11)3)20-16(6)22-25(8)17(20)9-18-21-10-24(7)23-18/h10H,9H2,1-8H3. The fourth-order valence-electron chi connectivity index (χ4n) is 3.72. The third-order valence-corrected chi connectivity index (χ3v) is 5.56. The largest absolute Gasteiger partial charge is 0.271 e. The minimum Gasteiger partial charge on any atom is -0.271 e. The molecule has 1 aromatic carbocycles. The predicted octanol–water partition coefficient (Wildman–Crippen LogP) is 3.66. The van der Waals surface area contributed by atoms with Gasteiger partial charge in [-0.2, -0.15) is 10.2 Å². The van der Waals surface area contributed by atoms with Crippen LogP contribution in [0.4, 0.5) is 0 Å². The third kappa shape index (κ3) is 2.77. The second kappa shape index (κ2) is 6.14. The van der Waals surface area contributed by atoms with Crippen LogP contribution in [0.15, 0.2) is 6.33 Å². The summed E-state index contributed by atoms with van der Waals surface area (Å²) < 4.78 is 3.72. The molecule has 0 fully saturated rings. The SMILES string of the molecule is Cc1nn(C)c(Cc2ncn(C)n2)c1-c1c(C)c(C)c(C)c(C)c1C. The predicted molar refractivity (Wildman–Crippen MR) is 101 cm³/mol. The Balaban J connectivity index is 2.26. The molecule has 3 rings (SSSR count). The molecule has 0 radical (unpaired) electrons. The van der Waals surface area contributed by atoms with Gasteiger partial charge >= 0.3 is 0 Å². The van der Waals surface area contributed by atoms with Crippen LogP contribution in [0.5, 0.6) is 0 Å². The number of aromatic nitrogens is 5. The number of benzene rings is 1. The summed E-state index contributed by atoms with van der Waals surface area (Å²) in [5.74, 6) is 0.822. The lowest BCUT2D eigenvalue weighted by atomic mass is 9.85. The maximum absolute atomic E-state index is 4.71.